The van der Waals surface area contributed by atoms with Crippen molar-refractivity contribution in [2.75, 3.05) is 24.7 Å². The molecule has 1 aromatic carbocycles. The summed E-state index contributed by atoms with van der Waals surface area (Å²) in [4.78, 5) is 24.9. The lowest BCUT2D eigenvalue weighted by atomic mass is 9.91. The van der Waals surface area contributed by atoms with E-state index in [9.17, 15) is 18.0 Å². The molecule has 2 rings (SSSR count). The van der Waals surface area contributed by atoms with Gasteiger partial charge in [0, 0.05) is 25.0 Å². The van der Waals surface area contributed by atoms with E-state index in [0.717, 1.165) is 6.26 Å². The number of benzene rings is 1. The number of nitrogens with one attached hydrogen (secondary N) is 1. The van der Waals surface area contributed by atoms with Crippen molar-refractivity contribution in [3.8, 4) is 0 Å². The van der Waals surface area contributed by atoms with E-state index in [1.807, 2.05) is 6.92 Å². The SMILES string of the molecule is CC1CC(C(=O)O)CN(C(=O)Nc2ccc(Cl)c(S(C)(=O)=O)c2)C1. The highest BCUT2D eigenvalue weighted by Gasteiger charge is 2.32. The first-order valence-corrected chi connectivity index (χ1v) is 9.63. The molecule has 0 aromatic heterocycles. The Morgan fingerprint density at radius 2 is 2.00 bits per heavy atom. The van der Waals surface area contributed by atoms with Gasteiger partial charge in [0.05, 0.1) is 15.8 Å². The number of hydrogen-bond donors (Lipinski definition) is 2. The van der Waals surface area contributed by atoms with Gasteiger partial charge in [0.1, 0.15) is 0 Å². The number of carboxylic acid groups (broad SMARTS) is 1. The molecule has 24 heavy (non-hydrogen) atoms. The van der Waals surface area contributed by atoms with E-state index in [-0.39, 0.29) is 28.1 Å². The number of carboxylic acids is 1. The van der Waals surface area contributed by atoms with Crippen molar-refractivity contribution in [2.24, 2.45) is 11.8 Å². The maximum Gasteiger partial charge on any atom is 0.321 e. The molecule has 1 aliphatic rings. The topological polar surface area (TPSA) is 104 Å². The molecule has 1 aromatic rings. The molecule has 0 spiro atoms. The number of aliphatic carboxylic acids is 1. The Morgan fingerprint density at radius 1 is 1.33 bits per heavy atom. The molecule has 1 saturated heterocycles. The summed E-state index contributed by atoms with van der Waals surface area (Å²) in [7, 11) is -3.52. The molecule has 132 valence electrons. The molecule has 2 amide bonds. The van der Waals surface area contributed by atoms with E-state index in [2.05, 4.69) is 5.32 Å². The van der Waals surface area contributed by atoms with Crippen LogP contribution in [-0.2, 0) is 14.6 Å². The Morgan fingerprint density at radius 3 is 2.58 bits per heavy atom. The number of rotatable bonds is 3. The van der Waals surface area contributed by atoms with E-state index >= 15 is 0 Å². The molecule has 1 fully saturated rings. The quantitative estimate of drug-likeness (QED) is 0.844. The molecule has 2 N–H and O–H groups in total. The number of hydrogen-bond acceptors (Lipinski definition) is 4. The lowest BCUT2D eigenvalue weighted by Gasteiger charge is -2.34. The number of likely N-dealkylation sites (tertiary alicyclic amines) is 1. The molecular weight excluding hydrogens is 356 g/mol. The van der Waals surface area contributed by atoms with Gasteiger partial charge in [-0.15, -0.1) is 0 Å². The van der Waals surface area contributed by atoms with Crippen LogP contribution in [0.15, 0.2) is 23.1 Å². The standard InChI is InChI=1S/C15H19ClN2O5S/c1-9-5-10(14(19)20)8-18(7-9)15(21)17-11-3-4-12(16)13(6-11)24(2,22)23/h3-4,6,9-10H,5,7-8H2,1-2H3,(H,17,21)(H,19,20). The minimum atomic E-state index is -3.52. The summed E-state index contributed by atoms with van der Waals surface area (Å²) in [6, 6.07) is 3.72. The summed E-state index contributed by atoms with van der Waals surface area (Å²) < 4.78 is 23.4. The number of carbonyl (C=O) groups is 2. The summed E-state index contributed by atoms with van der Waals surface area (Å²) in [5.74, 6) is -1.45. The molecule has 0 radical (unpaired) electrons. The number of halogens is 1. The van der Waals surface area contributed by atoms with Crippen LogP contribution in [0, 0.1) is 11.8 Å². The van der Waals surface area contributed by atoms with Crippen LogP contribution in [0.25, 0.3) is 0 Å². The van der Waals surface area contributed by atoms with Crippen LogP contribution in [0.1, 0.15) is 13.3 Å². The van der Waals surface area contributed by atoms with Crippen LogP contribution >= 0.6 is 11.6 Å². The minimum Gasteiger partial charge on any atom is -0.481 e. The third kappa shape index (κ3) is 4.39. The van der Waals surface area contributed by atoms with Crippen molar-refractivity contribution in [3.63, 3.8) is 0 Å². The molecule has 0 aliphatic carbocycles. The van der Waals surface area contributed by atoms with E-state index < -0.39 is 27.8 Å². The van der Waals surface area contributed by atoms with Gasteiger partial charge >= 0.3 is 12.0 Å². The van der Waals surface area contributed by atoms with Crippen LogP contribution in [0.5, 0.6) is 0 Å². The van der Waals surface area contributed by atoms with E-state index in [1.54, 1.807) is 0 Å². The molecule has 0 bridgehead atoms. The van der Waals surface area contributed by atoms with Crippen LogP contribution in [-0.4, -0.2) is 49.8 Å². The average Bonchev–Trinajstić information content (AvgIpc) is 2.47. The van der Waals surface area contributed by atoms with Gasteiger partial charge in [-0.25, -0.2) is 13.2 Å². The van der Waals surface area contributed by atoms with Crippen LogP contribution in [0.3, 0.4) is 0 Å². The van der Waals surface area contributed by atoms with Crippen LogP contribution in [0.4, 0.5) is 10.5 Å². The number of amides is 2. The molecular formula is C15H19ClN2O5S. The Labute approximate surface area is 145 Å². The van der Waals surface area contributed by atoms with Gasteiger partial charge in [-0.05, 0) is 30.5 Å². The van der Waals surface area contributed by atoms with Gasteiger partial charge in [-0.1, -0.05) is 18.5 Å². The number of urea groups is 1. The first kappa shape index (κ1) is 18.5. The van der Waals surface area contributed by atoms with Gasteiger partial charge in [-0.3, -0.25) is 4.79 Å². The molecule has 7 nitrogen and oxygen atoms in total. The number of sulfone groups is 1. The summed E-state index contributed by atoms with van der Waals surface area (Å²) in [6.07, 6.45) is 1.56. The maximum absolute atomic E-state index is 12.4. The van der Waals surface area contributed by atoms with Crippen molar-refractivity contribution in [1.29, 1.82) is 0 Å². The predicted octanol–water partition coefficient (Wildman–Crippen LogP) is 2.32. The smallest absolute Gasteiger partial charge is 0.321 e. The third-order valence-electron chi connectivity index (χ3n) is 3.88. The highest BCUT2D eigenvalue weighted by atomic mass is 35.5. The molecule has 1 heterocycles. The van der Waals surface area contributed by atoms with Gasteiger partial charge < -0.3 is 15.3 Å². The summed E-state index contributed by atoms with van der Waals surface area (Å²) in [5, 5.41) is 11.8. The molecule has 1 aliphatic heterocycles. The van der Waals surface area contributed by atoms with E-state index in [1.165, 1.54) is 23.1 Å². The van der Waals surface area contributed by atoms with Gasteiger partial charge in [0.25, 0.3) is 0 Å². The Balaban J connectivity index is 2.16. The zero-order chi connectivity index (χ0) is 18.1. The second kappa shape index (κ2) is 6.98. The van der Waals surface area contributed by atoms with E-state index in [4.69, 9.17) is 16.7 Å². The van der Waals surface area contributed by atoms with Gasteiger partial charge in [0.15, 0.2) is 9.84 Å². The normalized spacial score (nSPS) is 21.4. The first-order chi connectivity index (χ1) is 11.1. The van der Waals surface area contributed by atoms with Crippen molar-refractivity contribution < 1.29 is 23.1 Å². The van der Waals surface area contributed by atoms with Crippen molar-refractivity contribution in [1.82, 2.24) is 4.90 Å². The number of piperidine rings is 1. The van der Waals surface area contributed by atoms with Crippen molar-refractivity contribution >= 4 is 39.1 Å². The zero-order valence-corrected chi connectivity index (χ0v) is 14.9. The van der Waals surface area contributed by atoms with Crippen LogP contribution in [0.2, 0.25) is 5.02 Å². The lowest BCUT2D eigenvalue weighted by molar-refractivity contribution is -0.143. The highest BCUT2D eigenvalue weighted by molar-refractivity contribution is 7.90. The Bertz CT molecular complexity index is 765. The van der Waals surface area contributed by atoms with E-state index in [0.29, 0.717) is 13.0 Å². The molecule has 9 heteroatoms. The summed E-state index contributed by atoms with van der Waals surface area (Å²) >= 11 is 5.87. The number of carbonyl (C=O) groups excluding carboxylic acids is 1. The second-order valence-electron chi connectivity index (χ2n) is 6.13. The minimum absolute atomic E-state index is 0.0717. The third-order valence-corrected chi connectivity index (χ3v) is 5.46. The fourth-order valence-corrected chi connectivity index (χ4v) is 4.07. The second-order valence-corrected chi connectivity index (χ2v) is 8.52. The largest absolute Gasteiger partial charge is 0.481 e. The summed E-state index contributed by atoms with van der Waals surface area (Å²) in [5.41, 5.74) is 0.287. The van der Waals surface area contributed by atoms with Crippen molar-refractivity contribution in [2.45, 2.75) is 18.2 Å². The Hall–Kier alpha value is -1.80. The number of anilines is 1. The fourth-order valence-electron chi connectivity index (χ4n) is 2.76. The molecule has 2 atom stereocenters. The fraction of sp³-hybridized carbons (Fsp3) is 0.467. The van der Waals surface area contributed by atoms with Crippen LogP contribution < -0.4 is 5.32 Å². The molecule has 2 unspecified atom stereocenters. The van der Waals surface area contributed by atoms with Gasteiger partial charge in [0.2, 0.25) is 0 Å². The van der Waals surface area contributed by atoms with Crippen molar-refractivity contribution in [3.05, 3.63) is 23.2 Å². The van der Waals surface area contributed by atoms with Gasteiger partial charge in [-0.2, -0.15) is 0 Å². The highest BCUT2D eigenvalue weighted by Crippen LogP contribution is 2.26. The number of nitrogens with zero attached hydrogens (tertiary/aromatic N) is 1. The summed E-state index contributed by atoms with van der Waals surface area (Å²) in [6.45, 7) is 2.46. The zero-order valence-electron chi connectivity index (χ0n) is 13.3. The Kier molecular flexibility index (Phi) is 5.39. The molecule has 0 saturated carbocycles. The lowest BCUT2D eigenvalue weighted by Crippen LogP contribution is -2.47. The maximum atomic E-state index is 12.4. The monoisotopic (exact) mass is 374 g/mol. The average molecular weight is 375 g/mol. The first-order valence-electron chi connectivity index (χ1n) is 7.36. The predicted molar refractivity (Wildman–Crippen MR) is 90.1 cm³/mol.